The van der Waals surface area contributed by atoms with Crippen molar-refractivity contribution >= 4 is 0 Å². The molecular weight excluding hydrogens is 576 g/mol. The Kier molecular flexibility index (Phi) is 16.6. The van der Waals surface area contributed by atoms with Crippen LogP contribution in [-0.2, 0) is 12.8 Å². The molecule has 0 aromatic heterocycles. The van der Waals surface area contributed by atoms with Crippen LogP contribution in [0.4, 0.5) is 0 Å². The molecule has 6 heteroatoms. The molecule has 0 spiro atoms. The summed E-state index contributed by atoms with van der Waals surface area (Å²) in [7, 11) is 0. The molecule has 0 atom stereocenters. The fourth-order valence-corrected chi connectivity index (χ4v) is 5.06. The first kappa shape index (κ1) is 36.5. The summed E-state index contributed by atoms with van der Waals surface area (Å²) in [5, 5.41) is 36.9. The Morgan fingerprint density at radius 2 is 0.870 bits per heavy atom. The third-order valence-electron chi connectivity index (χ3n) is 7.64. The molecule has 0 unspecified atom stereocenters. The highest BCUT2D eigenvalue weighted by molar-refractivity contribution is 5.68. The number of hydrogen-bond acceptors (Lipinski definition) is 6. The minimum Gasteiger partial charge on any atom is -0.508 e. The van der Waals surface area contributed by atoms with Gasteiger partial charge < -0.3 is 29.9 Å². The van der Waals surface area contributed by atoms with Crippen molar-refractivity contribution < 1.29 is 29.9 Å². The molecule has 6 nitrogen and oxygen atoms in total. The third kappa shape index (κ3) is 13.2. The first-order valence-electron chi connectivity index (χ1n) is 16.8. The van der Waals surface area contributed by atoms with Crippen molar-refractivity contribution in [3.05, 3.63) is 96.1 Å². The van der Waals surface area contributed by atoms with Crippen molar-refractivity contribution in [2.75, 3.05) is 26.4 Å². The van der Waals surface area contributed by atoms with Crippen molar-refractivity contribution in [2.24, 2.45) is 0 Å². The number of phenols is 2. The van der Waals surface area contributed by atoms with Crippen molar-refractivity contribution in [1.82, 2.24) is 0 Å². The minimum absolute atomic E-state index is 0.0852. The van der Waals surface area contributed by atoms with Crippen LogP contribution in [0.15, 0.2) is 84.9 Å². The molecule has 4 rings (SSSR count). The summed E-state index contributed by atoms with van der Waals surface area (Å²) in [6, 6.07) is 27.5. The number of hydrogen-bond donors (Lipinski definition) is 4. The van der Waals surface area contributed by atoms with E-state index in [0.29, 0.717) is 26.1 Å². The largest absolute Gasteiger partial charge is 0.508 e. The summed E-state index contributed by atoms with van der Waals surface area (Å²) < 4.78 is 11.5. The molecule has 0 bridgehead atoms. The molecule has 0 aliphatic carbocycles. The molecule has 248 valence electrons. The fourth-order valence-electron chi connectivity index (χ4n) is 5.06. The molecular formula is C40H52O6. The Hall–Kier alpha value is -4.00. The van der Waals surface area contributed by atoms with Gasteiger partial charge in [-0.15, -0.1) is 0 Å². The maximum atomic E-state index is 9.49. The van der Waals surface area contributed by atoms with E-state index in [1.54, 1.807) is 12.1 Å². The average Bonchev–Trinajstić information content (AvgIpc) is 3.06. The second-order valence-electron chi connectivity index (χ2n) is 11.6. The van der Waals surface area contributed by atoms with Crippen molar-refractivity contribution in [1.29, 1.82) is 0 Å². The Morgan fingerprint density at radius 1 is 0.457 bits per heavy atom. The van der Waals surface area contributed by atoms with Gasteiger partial charge in [0.25, 0.3) is 0 Å². The van der Waals surface area contributed by atoms with Crippen molar-refractivity contribution in [2.45, 2.75) is 78.1 Å². The van der Waals surface area contributed by atoms with E-state index in [1.807, 2.05) is 30.3 Å². The zero-order valence-corrected chi connectivity index (χ0v) is 27.6. The monoisotopic (exact) mass is 628 g/mol. The first-order valence-corrected chi connectivity index (χ1v) is 16.8. The summed E-state index contributed by atoms with van der Waals surface area (Å²) >= 11 is 0. The number of aromatic hydroxyl groups is 2. The normalized spacial score (nSPS) is 10.7. The first-order chi connectivity index (χ1) is 22.4. The van der Waals surface area contributed by atoms with Crippen LogP contribution < -0.4 is 9.47 Å². The van der Waals surface area contributed by atoms with Gasteiger partial charge in [0.05, 0.1) is 13.2 Å². The standard InChI is InChI=1S/C23H32O4.C17H20O2/c1-2-3-4-7-19-8-10-20(11-9-19)21-16-22(26-14-5-12-24)18-23(17-21)27-15-6-13-25;1-2-3-4-5-13-6-8-14(9-7-13)15-10-16(18)12-17(19)11-15/h8-11,16-18,24-25H,2-7,12-15H2,1H3;6-12,18-19H,2-5H2,1H3. The van der Waals surface area contributed by atoms with Gasteiger partial charge in [0.15, 0.2) is 0 Å². The number of aliphatic hydroxyl groups is 2. The average molecular weight is 629 g/mol. The van der Waals surface area contributed by atoms with E-state index >= 15 is 0 Å². The molecule has 0 radical (unpaired) electrons. The maximum Gasteiger partial charge on any atom is 0.123 e. The predicted molar refractivity (Wildman–Crippen MR) is 188 cm³/mol. The number of rotatable bonds is 18. The van der Waals surface area contributed by atoms with Gasteiger partial charge in [-0.1, -0.05) is 88.1 Å². The Bertz CT molecular complexity index is 1350. The highest BCUT2D eigenvalue weighted by Gasteiger charge is 2.07. The molecule has 46 heavy (non-hydrogen) atoms. The van der Waals surface area contributed by atoms with Crippen molar-refractivity contribution in [3.8, 4) is 45.3 Å². The maximum absolute atomic E-state index is 9.49. The summed E-state index contributed by atoms with van der Waals surface area (Å²) in [6.07, 6.45) is 10.9. The molecule has 4 aromatic carbocycles. The summed E-state index contributed by atoms with van der Waals surface area (Å²) in [5.74, 6) is 1.63. The molecule has 4 aromatic rings. The molecule has 0 saturated heterocycles. The lowest BCUT2D eigenvalue weighted by atomic mass is 10.0. The third-order valence-corrected chi connectivity index (χ3v) is 7.64. The smallest absolute Gasteiger partial charge is 0.123 e. The number of ether oxygens (including phenoxy) is 2. The van der Waals surface area contributed by atoms with Gasteiger partial charge in [0.1, 0.15) is 23.0 Å². The van der Waals surface area contributed by atoms with E-state index in [9.17, 15) is 10.2 Å². The molecule has 0 saturated carbocycles. The second kappa shape index (κ2) is 20.9. The molecule has 0 aliphatic heterocycles. The lowest BCUT2D eigenvalue weighted by molar-refractivity contribution is 0.228. The highest BCUT2D eigenvalue weighted by Crippen LogP contribution is 2.31. The van der Waals surface area contributed by atoms with Crippen LogP contribution in [0, 0.1) is 0 Å². The second-order valence-corrected chi connectivity index (χ2v) is 11.6. The van der Waals surface area contributed by atoms with Gasteiger partial charge in [-0.25, -0.2) is 0 Å². The molecule has 0 fully saturated rings. The lowest BCUT2D eigenvalue weighted by Gasteiger charge is -2.13. The topological polar surface area (TPSA) is 99.4 Å². The lowest BCUT2D eigenvalue weighted by Crippen LogP contribution is -2.02. The van der Waals surface area contributed by atoms with Gasteiger partial charge in [0, 0.05) is 38.2 Å². The van der Waals surface area contributed by atoms with Crippen LogP contribution >= 0.6 is 0 Å². The van der Waals surface area contributed by atoms with Gasteiger partial charge in [-0.3, -0.25) is 0 Å². The Labute approximate surface area is 275 Å². The highest BCUT2D eigenvalue weighted by atomic mass is 16.5. The Morgan fingerprint density at radius 3 is 1.26 bits per heavy atom. The van der Waals surface area contributed by atoms with Crippen LogP contribution in [0.2, 0.25) is 0 Å². The van der Waals surface area contributed by atoms with E-state index in [2.05, 4.69) is 50.2 Å². The number of benzene rings is 4. The SMILES string of the molecule is CCCCCc1ccc(-c2cc(O)cc(O)c2)cc1.CCCCCc1ccc(-c2cc(OCCCO)cc(OCCCO)c2)cc1. The van der Waals surface area contributed by atoms with E-state index in [-0.39, 0.29) is 24.7 Å². The van der Waals surface area contributed by atoms with Crippen molar-refractivity contribution in [3.63, 3.8) is 0 Å². The fraction of sp³-hybridized carbons (Fsp3) is 0.400. The van der Waals surface area contributed by atoms with Crippen LogP contribution in [0.5, 0.6) is 23.0 Å². The number of aryl methyl sites for hydroxylation is 2. The van der Waals surface area contributed by atoms with Crippen LogP contribution in [-0.4, -0.2) is 46.9 Å². The molecule has 0 amide bonds. The van der Waals surface area contributed by atoms with Gasteiger partial charge >= 0.3 is 0 Å². The van der Waals surface area contributed by atoms with E-state index in [1.165, 1.54) is 55.7 Å². The van der Waals surface area contributed by atoms with Gasteiger partial charge in [-0.05, 0) is 83.3 Å². The van der Waals surface area contributed by atoms with Gasteiger partial charge in [-0.2, -0.15) is 0 Å². The number of aliphatic hydroxyl groups excluding tert-OH is 2. The van der Waals surface area contributed by atoms with E-state index in [4.69, 9.17) is 19.7 Å². The Balaban J connectivity index is 0.000000266. The van der Waals surface area contributed by atoms with E-state index in [0.717, 1.165) is 46.6 Å². The van der Waals surface area contributed by atoms with Crippen LogP contribution in [0.3, 0.4) is 0 Å². The van der Waals surface area contributed by atoms with E-state index < -0.39 is 0 Å². The summed E-state index contributed by atoms with van der Waals surface area (Å²) in [5.41, 5.74) is 6.69. The molecule has 0 aliphatic rings. The number of phenolic OH excluding ortho intramolecular Hbond substituents is 2. The molecule has 4 N–H and O–H groups in total. The predicted octanol–water partition coefficient (Wildman–Crippen LogP) is 9.11. The number of unbranched alkanes of at least 4 members (excludes halogenated alkanes) is 4. The molecule has 0 heterocycles. The quantitative estimate of drug-likeness (QED) is 0.0821. The van der Waals surface area contributed by atoms with Crippen LogP contribution in [0.25, 0.3) is 22.3 Å². The summed E-state index contributed by atoms with van der Waals surface area (Å²) in [6.45, 7) is 5.58. The summed E-state index contributed by atoms with van der Waals surface area (Å²) in [4.78, 5) is 0. The zero-order valence-electron chi connectivity index (χ0n) is 27.6. The van der Waals surface area contributed by atoms with Gasteiger partial charge in [0.2, 0.25) is 0 Å². The minimum atomic E-state index is 0.0852. The zero-order chi connectivity index (χ0) is 33.0. The van der Waals surface area contributed by atoms with Crippen LogP contribution in [0.1, 0.15) is 76.3 Å².